The van der Waals surface area contributed by atoms with Crippen LogP contribution >= 0.6 is 19.4 Å². The molecule has 0 nitrogen and oxygen atoms in total. The zero-order valence-corrected chi connectivity index (χ0v) is 11.9. The van der Waals surface area contributed by atoms with Gasteiger partial charge < -0.3 is 0 Å². The van der Waals surface area contributed by atoms with Gasteiger partial charge in [-0.05, 0) is 0 Å². The number of hydrogen-bond donors (Lipinski definition) is 0. The molecule has 0 unspecified atom stereocenters. The van der Waals surface area contributed by atoms with Crippen molar-refractivity contribution in [3.63, 3.8) is 0 Å². The second-order valence-corrected chi connectivity index (χ2v) is 5.53. The Hall–Kier alpha value is 0.347. The third-order valence-electron chi connectivity index (χ3n) is 1.45. The van der Waals surface area contributed by atoms with Crippen LogP contribution in [0.1, 0.15) is 11.1 Å². The van der Waals surface area contributed by atoms with Crippen molar-refractivity contribution in [1.29, 1.82) is 0 Å². The van der Waals surface area contributed by atoms with Crippen LogP contribution in [0.3, 0.4) is 0 Å². The van der Waals surface area contributed by atoms with Gasteiger partial charge in [0.1, 0.15) is 0 Å². The van der Waals surface area contributed by atoms with Gasteiger partial charge in [0.15, 0.2) is 0 Å². The van der Waals surface area contributed by atoms with Crippen molar-refractivity contribution in [3.05, 3.63) is 35.4 Å². The molecule has 0 bridgehead atoms. The molecule has 0 radical (unpaired) electrons. The van der Waals surface area contributed by atoms with E-state index in [1.54, 1.807) is 0 Å². The standard InChI is InChI=1S/C10H6.2ClH.2Ru/c1-3-9-5-7-10(4-2)8-6-9;;;;/h3-8H;2*1H;;/q;;;2*+1/p-2. The van der Waals surface area contributed by atoms with Crippen molar-refractivity contribution >= 4 is 40.1 Å². The second kappa shape index (κ2) is 7.61. The Morgan fingerprint density at radius 3 is 1.50 bits per heavy atom. The Balaban J connectivity index is 2.89. The summed E-state index contributed by atoms with van der Waals surface area (Å²) in [5, 5.41) is 0. The fraction of sp³-hybridized carbons (Fsp3) is 0. The Morgan fingerprint density at radius 1 is 0.857 bits per heavy atom. The summed E-state index contributed by atoms with van der Waals surface area (Å²) in [5.74, 6) is 0. The van der Waals surface area contributed by atoms with Crippen LogP contribution in [0.15, 0.2) is 24.3 Å². The molecule has 0 amide bonds. The van der Waals surface area contributed by atoms with Crippen LogP contribution < -0.4 is 0 Å². The van der Waals surface area contributed by atoms with Gasteiger partial charge in [-0.25, -0.2) is 0 Å². The maximum atomic E-state index is 5.57. The average molecular weight is 399 g/mol. The molecule has 0 aliphatic carbocycles. The van der Waals surface area contributed by atoms with E-state index in [0.29, 0.717) is 0 Å². The summed E-state index contributed by atoms with van der Waals surface area (Å²) in [6.45, 7) is 0. The van der Waals surface area contributed by atoms with Crippen LogP contribution in [0, 0.1) is 0 Å². The summed E-state index contributed by atoms with van der Waals surface area (Å²) in [7, 11) is 11.1. The van der Waals surface area contributed by atoms with E-state index in [-0.39, 0.29) is 31.4 Å². The Labute approximate surface area is 106 Å². The minimum absolute atomic E-state index is 0.253. The predicted molar refractivity (Wildman–Crippen MR) is 57.1 cm³/mol. The summed E-state index contributed by atoms with van der Waals surface area (Å²) in [6, 6.07) is 8.10. The zero-order chi connectivity index (χ0) is 10.2. The van der Waals surface area contributed by atoms with Crippen molar-refractivity contribution in [2.24, 2.45) is 0 Å². The van der Waals surface area contributed by atoms with Crippen LogP contribution in [-0.4, -0.2) is 8.53 Å². The molecule has 1 aromatic rings. The number of hydrogen-bond acceptors (Lipinski definition) is 0. The van der Waals surface area contributed by atoms with Crippen LogP contribution in [0.5, 0.6) is 0 Å². The normalized spacial score (nSPS) is 8.71. The van der Waals surface area contributed by atoms with Crippen LogP contribution in [0.2, 0.25) is 0 Å². The molecule has 1 rings (SSSR count). The SMILES string of the molecule is [Cl][Ru]=[C]=Cc1ccc(C=[C]=[Ru][Cl])cc1. The van der Waals surface area contributed by atoms with Gasteiger partial charge in [-0.1, -0.05) is 0 Å². The summed E-state index contributed by atoms with van der Waals surface area (Å²) in [6.07, 6.45) is 3.82. The predicted octanol–water partition coefficient (Wildman–Crippen LogP) is 2.99. The van der Waals surface area contributed by atoms with Crippen molar-refractivity contribution < 1.29 is 31.4 Å². The molecule has 0 aliphatic heterocycles. The molecule has 0 saturated heterocycles. The van der Waals surface area contributed by atoms with E-state index in [9.17, 15) is 0 Å². The molecule has 1 aromatic carbocycles. The van der Waals surface area contributed by atoms with Crippen molar-refractivity contribution in [1.82, 2.24) is 0 Å². The van der Waals surface area contributed by atoms with Gasteiger partial charge >= 0.3 is 107 Å². The average Bonchev–Trinajstić information content (AvgIpc) is 2.25. The second-order valence-electron chi connectivity index (χ2n) is 2.29. The molecule has 0 fully saturated rings. The Bertz CT molecular complexity index is 367. The maximum absolute atomic E-state index is 5.57. The van der Waals surface area contributed by atoms with Gasteiger partial charge in [0.25, 0.3) is 0 Å². The molecule has 0 spiro atoms. The van der Waals surface area contributed by atoms with E-state index < -0.39 is 0 Å². The minimum atomic E-state index is -0.253. The summed E-state index contributed by atoms with van der Waals surface area (Å²) in [5.41, 5.74) is 2.24. The van der Waals surface area contributed by atoms with E-state index >= 15 is 0 Å². The molecular formula is C10H6Cl2Ru2. The van der Waals surface area contributed by atoms with Crippen molar-refractivity contribution in [2.45, 2.75) is 0 Å². The first-order valence-electron chi connectivity index (χ1n) is 3.60. The first-order valence-corrected chi connectivity index (χ1v) is 9.81. The molecule has 0 aromatic heterocycles. The fourth-order valence-corrected chi connectivity index (χ4v) is 2.07. The molecule has 0 saturated carbocycles. The Morgan fingerprint density at radius 2 is 1.21 bits per heavy atom. The monoisotopic (exact) mass is 400 g/mol. The molecule has 0 atom stereocenters. The third-order valence-corrected chi connectivity index (χ3v) is 3.24. The van der Waals surface area contributed by atoms with Gasteiger partial charge in [-0.15, -0.1) is 0 Å². The molecule has 4 heteroatoms. The molecule has 14 heavy (non-hydrogen) atoms. The quantitative estimate of drug-likeness (QED) is 0.671. The first kappa shape index (κ1) is 12.4. The number of benzene rings is 1. The summed E-state index contributed by atoms with van der Waals surface area (Å²) < 4.78 is 6.03. The first-order chi connectivity index (χ1) is 6.86. The van der Waals surface area contributed by atoms with Gasteiger partial charge in [-0.3, -0.25) is 0 Å². The molecule has 0 aliphatic rings. The van der Waals surface area contributed by atoms with Gasteiger partial charge in [-0.2, -0.15) is 0 Å². The van der Waals surface area contributed by atoms with E-state index in [4.69, 9.17) is 19.4 Å². The van der Waals surface area contributed by atoms with Crippen molar-refractivity contribution in [2.75, 3.05) is 0 Å². The molecule has 76 valence electrons. The summed E-state index contributed by atoms with van der Waals surface area (Å²) >= 11 is -0.507. The molecule has 0 N–H and O–H groups in total. The van der Waals surface area contributed by atoms with Gasteiger partial charge in [0, 0.05) is 0 Å². The fourth-order valence-electron chi connectivity index (χ4n) is 0.845. The van der Waals surface area contributed by atoms with Crippen LogP contribution in [-0.2, 0) is 31.4 Å². The van der Waals surface area contributed by atoms with E-state index in [1.807, 2.05) is 36.4 Å². The van der Waals surface area contributed by atoms with Crippen molar-refractivity contribution in [3.8, 4) is 0 Å². The number of rotatable bonds is 2. The van der Waals surface area contributed by atoms with E-state index in [1.165, 1.54) is 0 Å². The topological polar surface area (TPSA) is 0 Å². The number of halogens is 2. The molecular weight excluding hydrogens is 393 g/mol. The van der Waals surface area contributed by atoms with Crippen LogP contribution in [0.4, 0.5) is 0 Å². The van der Waals surface area contributed by atoms with Gasteiger partial charge in [0.05, 0.1) is 0 Å². The zero-order valence-electron chi connectivity index (χ0n) is 6.93. The summed E-state index contributed by atoms with van der Waals surface area (Å²) in [4.78, 5) is 0. The molecule has 0 heterocycles. The van der Waals surface area contributed by atoms with Gasteiger partial charge in [0.2, 0.25) is 0 Å². The third kappa shape index (κ3) is 4.72. The van der Waals surface area contributed by atoms with Crippen LogP contribution in [0.25, 0.3) is 12.2 Å². The van der Waals surface area contributed by atoms with E-state index in [0.717, 1.165) is 11.1 Å². The van der Waals surface area contributed by atoms with E-state index in [2.05, 4.69) is 8.53 Å². The Kier molecular flexibility index (Phi) is 6.75.